The quantitative estimate of drug-likeness (QED) is 0.409. The molecule has 2 aliphatic rings. The van der Waals surface area contributed by atoms with Crippen LogP contribution in [0.2, 0.25) is 0 Å². The molecule has 0 amide bonds. The Morgan fingerprint density at radius 3 is 2.41 bits per heavy atom. The van der Waals surface area contributed by atoms with Crippen molar-refractivity contribution in [2.75, 3.05) is 50.6 Å². The normalized spacial score (nSPS) is 21.6. The molecule has 0 saturated carbocycles. The summed E-state index contributed by atoms with van der Waals surface area (Å²) in [7, 11) is 0.476. The maximum Gasteiger partial charge on any atom is 0.243 e. The van der Waals surface area contributed by atoms with Crippen molar-refractivity contribution in [3.63, 3.8) is 0 Å². The highest BCUT2D eigenvalue weighted by Gasteiger charge is 2.38. The highest BCUT2D eigenvalue weighted by Crippen LogP contribution is 2.39. The third-order valence-corrected chi connectivity index (χ3v) is 8.49. The standard InChI is InChI=1S/C24H30FN7O6S/c1-35-16-10-17(14-31(13-16)23-26-11-15(25)12-27-23)39(33,34)30-24-29-28-22(20-8-5-9-38-20)32(24)21-18(36-2)6-4-7-19(21)37-3/h4,6-7,11-12,16-17,20H,5,8-10,13-14H2,1-3H3,(H,29,30)/t16-,17-,20+/m1/s1. The molecule has 5 rings (SSSR count). The van der Waals surface area contributed by atoms with E-state index in [-0.39, 0.29) is 31.0 Å². The van der Waals surface area contributed by atoms with Crippen LogP contribution in [0, 0.1) is 5.82 Å². The van der Waals surface area contributed by atoms with Crippen molar-refractivity contribution in [2.45, 2.75) is 36.7 Å². The molecule has 3 atom stereocenters. The van der Waals surface area contributed by atoms with Gasteiger partial charge in [-0.2, -0.15) is 0 Å². The predicted octanol–water partition coefficient (Wildman–Crippen LogP) is 2.10. The van der Waals surface area contributed by atoms with Gasteiger partial charge < -0.3 is 23.8 Å². The van der Waals surface area contributed by atoms with E-state index in [0.29, 0.717) is 42.6 Å². The molecular formula is C24H30FN7O6S. The van der Waals surface area contributed by atoms with E-state index < -0.39 is 27.2 Å². The molecule has 39 heavy (non-hydrogen) atoms. The molecule has 210 valence electrons. The van der Waals surface area contributed by atoms with Gasteiger partial charge in [0, 0.05) is 26.8 Å². The maximum atomic E-state index is 13.8. The van der Waals surface area contributed by atoms with Crippen LogP contribution in [-0.2, 0) is 19.5 Å². The van der Waals surface area contributed by atoms with Crippen molar-refractivity contribution >= 4 is 21.9 Å². The summed E-state index contributed by atoms with van der Waals surface area (Å²) in [6.07, 6.45) is 3.02. The van der Waals surface area contributed by atoms with Crippen LogP contribution in [0.25, 0.3) is 5.69 Å². The molecule has 0 spiro atoms. The van der Waals surface area contributed by atoms with Gasteiger partial charge in [0.25, 0.3) is 0 Å². The highest BCUT2D eigenvalue weighted by molar-refractivity contribution is 7.93. The minimum atomic E-state index is -4.06. The smallest absolute Gasteiger partial charge is 0.243 e. The van der Waals surface area contributed by atoms with Crippen LogP contribution in [0.5, 0.6) is 11.5 Å². The van der Waals surface area contributed by atoms with Crippen LogP contribution < -0.4 is 19.1 Å². The molecule has 1 N–H and O–H groups in total. The van der Waals surface area contributed by atoms with E-state index in [2.05, 4.69) is 24.9 Å². The molecule has 2 aliphatic heterocycles. The molecule has 2 fully saturated rings. The van der Waals surface area contributed by atoms with Crippen molar-refractivity contribution < 1.29 is 31.8 Å². The van der Waals surface area contributed by atoms with Gasteiger partial charge in [0.2, 0.25) is 21.9 Å². The lowest BCUT2D eigenvalue weighted by molar-refractivity contribution is 0.0898. The van der Waals surface area contributed by atoms with E-state index in [1.165, 1.54) is 21.3 Å². The maximum absolute atomic E-state index is 13.8. The van der Waals surface area contributed by atoms with Gasteiger partial charge in [-0.05, 0) is 31.4 Å². The molecule has 15 heteroatoms. The second kappa shape index (κ2) is 11.3. The molecule has 2 aromatic heterocycles. The van der Waals surface area contributed by atoms with Crippen LogP contribution in [0.15, 0.2) is 30.6 Å². The minimum absolute atomic E-state index is 0.0348. The van der Waals surface area contributed by atoms with Gasteiger partial charge >= 0.3 is 0 Å². The Balaban J connectivity index is 1.52. The number of piperidine rings is 1. The number of ether oxygens (including phenoxy) is 4. The number of hydrogen-bond donors (Lipinski definition) is 1. The fraction of sp³-hybridized carbons (Fsp3) is 0.500. The lowest BCUT2D eigenvalue weighted by atomic mass is 10.1. The summed E-state index contributed by atoms with van der Waals surface area (Å²) in [4.78, 5) is 9.68. The van der Waals surface area contributed by atoms with Gasteiger partial charge in [-0.3, -0.25) is 9.29 Å². The Hall–Kier alpha value is -3.56. The SMILES string of the molecule is COc1cccc(OC)c1-n1c(NS(=O)(=O)[C@@H]2C[C@@H](OC)CN(c3ncc(F)cn3)C2)nnc1[C@@H]1CCCO1. The lowest BCUT2D eigenvalue weighted by Gasteiger charge is -2.36. The zero-order valence-corrected chi connectivity index (χ0v) is 22.6. The second-order valence-electron chi connectivity index (χ2n) is 9.20. The van der Waals surface area contributed by atoms with Gasteiger partial charge in [0.05, 0.1) is 32.7 Å². The summed E-state index contributed by atoms with van der Waals surface area (Å²) in [5.74, 6) is 0.885. The molecule has 2 saturated heterocycles. The number of para-hydroxylation sites is 1. The molecule has 0 radical (unpaired) electrons. The van der Waals surface area contributed by atoms with Crippen molar-refractivity contribution in [3.8, 4) is 17.2 Å². The summed E-state index contributed by atoms with van der Waals surface area (Å²) in [5.41, 5.74) is 0.440. The Labute approximate surface area is 225 Å². The number of rotatable bonds is 9. The molecule has 0 unspecified atom stereocenters. The molecule has 13 nitrogen and oxygen atoms in total. The summed E-state index contributed by atoms with van der Waals surface area (Å²) >= 11 is 0. The first-order valence-electron chi connectivity index (χ1n) is 12.4. The van der Waals surface area contributed by atoms with Gasteiger partial charge in [0.15, 0.2) is 11.6 Å². The lowest BCUT2D eigenvalue weighted by Crippen LogP contribution is -2.51. The first-order chi connectivity index (χ1) is 18.8. The van der Waals surface area contributed by atoms with Crippen molar-refractivity contribution in [1.82, 2.24) is 24.7 Å². The number of anilines is 2. The first kappa shape index (κ1) is 27.0. The van der Waals surface area contributed by atoms with E-state index in [9.17, 15) is 12.8 Å². The molecule has 3 aromatic rings. The summed E-state index contributed by atoms with van der Waals surface area (Å²) in [6, 6.07) is 5.24. The number of sulfonamides is 1. The predicted molar refractivity (Wildman–Crippen MR) is 138 cm³/mol. The van der Waals surface area contributed by atoms with E-state index in [0.717, 1.165) is 18.8 Å². The van der Waals surface area contributed by atoms with Crippen molar-refractivity contribution in [3.05, 3.63) is 42.2 Å². The molecular weight excluding hydrogens is 533 g/mol. The minimum Gasteiger partial charge on any atom is -0.494 e. The number of methoxy groups -OCH3 is 3. The zero-order chi connectivity index (χ0) is 27.6. The number of aromatic nitrogens is 5. The Morgan fingerprint density at radius 1 is 1.08 bits per heavy atom. The second-order valence-corrected chi connectivity index (χ2v) is 11.2. The molecule has 0 aliphatic carbocycles. The van der Waals surface area contributed by atoms with E-state index in [1.54, 1.807) is 27.7 Å². The average Bonchev–Trinajstić information content (AvgIpc) is 3.62. The highest BCUT2D eigenvalue weighted by atomic mass is 32.2. The van der Waals surface area contributed by atoms with Gasteiger partial charge in [-0.1, -0.05) is 6.07 Å². The fourth-order valence-corrected chi connectivity index (χ4v) is 6.27. The largest absolute Gasteiger partial charge is 0.494 e. The number of halogens is 1. The average molecular weight is 564 g/mol. The van der Waals surface area contributed by atoms with Crippen LogP contribution >= 0.6 is 0 Å². The van der Waals surface area contributed by atoms with Gasteiger partial charge in [-0.25, -0.2) is 22.8 Å². The first-order valence-corrected chi connectivity index (χ1v) is 13.9. The van der Waals surface area contributed by atoms with Gasteiger partial charge in [-0.15, -0.1) is 10.2 Å². The van der Waals surface area contributed by atoms with Gasteiger partial charge in [0.1, 0.15) is 28.5 Å². The Kier molecular flexibility index (Phi) is 7.81. The molecule has 0 bridgehead atoms. The van der Waals surface area contributed by atoms with Crippen LogP contribution in [-0.4, -0.2) is 85.5 Å². The van der Waals surface area contributed by atoms with Crippen LogP contribution in [0.3, 0.4) is 0 Å². The fourth-order valence-electron chi connectivity index (χ4n) is 4.87. The van der Waals surface area contributed by atoms with E-state index >= 15 is 0 Å². The molecule has 1 aromatic carbocycles. The number of nitrogens with one attached hydrogen (secondary N) is 1. The van der Waals surface area contributed by atoms with E-state index in [4.69, 9.17) is 18.9 Å². The summed E-state index contributed by atoms with van der Waals surface area (Å²) in [6.45, 7) is 0.973. The number of hydrogen-bond acceptors (Lipinski definition) is 11. The summed E-state index contributed by atoms with van der Waals surface area (Å²) in [5, 5.41) is 7.60. The van der Waals surface area contributed by atoms with Crippen molar-refractivity contribution in [1.29, 1.82) is 0 Å². The van der Waals surface area contributed by atoms with Crippen LogP contribution in [0.1, 0.15) is 31.2 Å². The number of benzene rings is 1. The third-order valence-electron chi connectivity index (χ3n) is 6.80. The van der Waals surface area contributed by atoms with Crippen LogP contribution in [0.4, 0.5) is 16.3 Å². The topological polar surface area (TPSA) is 143 Å². The molecule has 4 heterocycles. The van der Waals surface area contributed by atoms with Crippen molar-refractivity contribution in [2.24, 2.45) is 0 Å². The zero-order valence-electron chi connectivity index (χ0n) is 21.8. The Morgan fingerprint density at radius 2 is 1.79 bits per heavy atom. The summed E-state index contributed by atoms with van der Waals surface area (Å²) < 4.78 is 67.8. The third kappa shape index (κ3) is 5.46. The monoisotopic (exact) mass is 563 g/mol. The van der Waals surface area contributed by atoms with E-state index in [1.807, 2.05) is 0 Å². The Bertz CT molecular complexity index is 1380. The number of nitrogens with zero attached hydrogens (tertiary/aromatic N) is 6.